The zero-order valence-electron chi connectivity index (χ0n) is 34.1. The molecule has 4 nitrogen and oxygen atoms in total. The van der Waals surface area contributed by atoms with E-state index in [9.17, 15) is 0 Å². The lowest BCUT2D eigenvalue weighted by molar-refractivity contribution is 0.670. The normalized spacial score (nSPS) is 11.5. The molecule has 0 saturated carbocycles. The van der Waals surface area contributed by atoms with Gasteiger partial charge in [-0.3, -0.25) is 0 Å². The highest BCUT2D eigenvalue weighted by Crippen LogP contribution is 2.43. The number of hydrogen-bond donors (Lipinski definition) is 0. The van der Waals surface area contributed by atoms with Crippen molar-refractivity contribution in [3.8, 4) is 78.7 Å². The van der Waals surface area contributed by atoms with Gasteiger partial charge in [0, 0.05) is 33.0 Å². The first-order chi connectivity index (χ1) is 31.2. The Hall–Kier alpha value is -8.47. The van der Waals surface area contributed by atoms with Gasteiger partial charge in [0.2, 0.25) is 0 Å². The van der Waals surface area contributed by atoms with Crippen LogP contribution in [0.4, 0.5) is 0 Å². The summed E-state index contributed by atoms with van der Waals surface area (Å²) in [6.07, 6.45) is 0. The Morgan fingerprint density at radius 1 is 0.270 bits per heavy atom. The number of furan rings is 1. The van der Waals surface area contributed by atoms with Crippen LogP contribution in [0.1, 0.15) is 0 Å². The highest BCUT2D eigenvalue weighted by atomic mass is 16.3. The van der Waals surface area contributed by atoms with Crippen LogP contribution in [0.2, 0.25) is 0 Å². The van der Waals surface area contributed by atoms with Gasteiger partial charge in [-0.25, -0.2) is 15.0 Å². The Bertz CT molecular complexity index is 3650. The fourth-order valence-corrected chi connectivity index (χ4v) is 9.05. The van der Waals surface area contributed by atoms with Crippen LogP contribution in [-0.2, 0) is 0 Å². The van der Waals surface area contributed by atoms with Gasteiger partial charge in [0.25, 0.3) is 0 Å². The third-order valence-electron chi connectivity index (χ3n) is 12.2. The Balaban J connectivity index is 1.03. The van der Waals surface area contributed by atoms with Crippen molar-refractivity contribution in [1.29, 1.82) is 0 Å². The first-order valence-electron chi connectivity index (χ1n) is 21.3. The standard InChI is InChI=1S/C59H37N3O/c1-4-14-38(15-5-1)39-26-29-43(30-27-39)57-60-58(46-33-35-49-44(36-46)31-28-42-20-10-11-21-47(42)49)62-59(61-57)52-24-13-25-54-55(52)51-23-12-22-50(56(51)63-54)45-32-34-48(40-16-6-2-7-17-40)53(37-45)41-18-8-3-9-19-41/h1-37H. The topological polar surface area (TPSA) is 51.8 Å². The number of para-hydroxylation sites is 1. The smallest absolute Gasteiger partial charge is 0.164 e. The quantitative estimate of drug-likeness (QED) is 0.151. The molecule has 10 aromatic carbocycles. The van der Waals surface area contributed by atoms with Crippen LogP contribution in [0.5, 0.6) is 0 Å². The highest BCUT2D eigenvalue weighted by Gasteiger charge is 2.21. The number of aromatic nitrogens is 3. The molecule has 0 aliphatic rings. The molecule has 2 aromatic heterocycles. The summed E-state index contributed by atoms with van der Waals surface area (Å²) in [6.45, 7) is 0. The number of rotatable bonds is 7. The maximum atomic E-state index is 6.86. The van der Waals surface area contributed by atoms with Crippen molar-refractivity contribution in [2.75, 3.05) is 0 Å². The lowest BCUT2D eigenvalue weighted by Gasteiger charge is -2.13. The van der Waals surface area contributed by atoms with Crippen molar-refractivity contribution in [3.05, 3.63) is 224 Å². The van der Waals surface area contributed by atoms with E-state index >= 15 is 0 Å². The van der Waals surface area contributed by atoms with Crippen molar-refractivity contribution in [1.82, 2.24) is 15.0 Å². The molecule has 4 heteroatoms. The van der Waals surface area contributed by atoms with E-state index in [1.807, 2.05) is 18.2 Å². The third kappa shape index (κ3) is 6.53. The van der Waals surface area contributed by atoms with Gasteiger partial charge in [-0.05, 0) is 78.7 Å². The fourth-order valence-electron chi connectivity index (χ4n) is 9.05. The van der Waals surface area contributed by atoms with Crippen molar-refractivity contribution in [3.63, 3.8) is 0 Å². The van der Waals surface area contributed by atoms with E-state index in [1.165, 1.54) is 27.3 Å². The second-order valence-electron chi connectivity index (χ2n) is 15.9. The van der Waals surface area contributed by atoms with E-state index in [1.54, 1.807) is 0 Å². The Labute approximate surface area is 364 Å². The minimum atomic E-state index is 0.582. The molecule has 63 heavy (non-hydrogen) atoms. The van der Waals surface area contributed by atoms with Gasteiger partial charge in [-0.2, -0.15) is 0 Å². The number of benzene rings is 10. The summed E-state index contributed by atoms with van der Waals surface area (Å²) in [6, 6.07) is 78.8. The first kappa shape index (κ1) is 36.4. The van der Waals surface area contributed by atoms with E-state index in [-0.39, 0.29) is 0 Å². The summed E-state index contributed by atoms with van der Waals surface area (Å²) < 4.78 is 6.86. The molecule has 0 aliphatic heterocycles. The predicted octanol–water partition coefficient (Wildman–Crippen LogP) is 15.7. The zero-order chi connectivity index (χ0) is 41.7. The Kier molecular flexibility index (Phi) is 8.79. The number of nitrogens with zero attached hydrogens (tertiary/aromatic N) is 3. The maximum absolute atomic E-state index is 6.86. The zero-order valence-corrected chi connectivity index (χ0v) is 34.1. The van der Waals surface area contributed by atoms with Gasteiger partial charge in [0.15, 0.2) is 17.5 Å². The van der Waals surface area contributed by atoms with Crippen LogP contribution in [0.15, 0.2) is 229 Å². The van der Waals surface area contributed by atoms with E-state index < -0.39 is 0 Å². The lowest BCUT2D eigenvalue weighted by atomic mass is 9.90. The van der Waals surface area contributed by atoms with Gasteiger partial charge in [-0.15, -0.1) is 0 Å². The summed E-state index contributed by atoms with van der Waals surface area (Å²) in [7, 11) is 0. The van der Waals surface area contributed by atoms with Crippen molar-refractivity contribution in [2.45, 2.75) is 0 Å². The summed E-state index contributed by atoms with van der Waals surface area (Å²) in [5.74, 6) is 1.79. The average Bonchev–Trinajstić information content (AvgIpc) is 3.76. The molecule has 0 fully saturated rings. The summed E-state index contributed by atoms with van der Waals surface area (Å²) >= 11 is 0. The summed E-state index contributed by atoms with van der Waals surface area (Å²) in [4.78, 5) is 15.7. The van der Waals surface area contributed by atoms with Crippen LogP contribution in [0.25, 0.3) is 122 Å². The molecule has 294 valence electrons. The minimum Gasteiger partial charge on any atom is -0.455 e. The van der Waals surface area contributed by atoms with Crippen LogP contribution >= 0.6 is 0 Å². The van der Waals surface area contributed by atoms with Crippen LogP contribution < -0.4 is 0 Å². The molecule has 0 N–H and O–H groups in total. The van der Waals surface area contributed by atoms with E-state index in [0.717, 1.165) is 77.4 Å². The van der Waals surface area contributed by atoms with Crippen LogP contribution in [-0.4, -0.2) is 15.0 Å². The predicted molar refractivity (Wildman–Crippen MR) is 260 cm³/mol. The third-order valence-corrected chi connectivity index (χ3v) is 12.2. The van der Waals surface area contributed by atoms with Gasteiger partial charge >= 0.3 is 0 Å². The summed E-state index contributed by atoms with van der Waals surface area (Å²) in [5.41, 5.74) is 13.4. The molecule has 0 saturated heterocycles. The van der Waals surface area contributed by atoms with Crippen molar-refractivity contribution < 1.29 is 4.42 Å². The van der Waals surface area contributed by atoms with E-state index in [4.69, 9.17) is 19.4 Å². The highest BCUT2D eigenvalue weighted by molar-refractivity contribution is 6.15. The molecule has 0 amide bonds. The van der Waals surface area contributed by atoms with Crippen molar-refractivity contribution in [2.24, 2.45) is 0 Å². The number of fused-ring (bicyclic) bond motifs is 6. The molecule has 0 aliphatic carbocycles. The second kappa shape index (κ2) is 15.2. The van der Waals surface area contributed by atoms with Crippen LogP contribution in [0, 0.1) is 0 Å². The maximum Gasteiger partial charge on any atom is 0.164 e. The SMILES string of the molecule is c1ccc(-c2ccc(-c3nc(-c4ccc5c(ccc6ccccc65)c4)nc(-c4cccc5oc6c(-c7ccc(-c8ccccc8)c(-c8ccccc8)c7)cccc6c45)n3)cc2)cc1. The monoisotopic (exact) mass is 803 g/mol. The lowest BCUT2D eigenvalue weighted by Crippen LogP contribution is -2.00. The minimum absolute atomic E-state index is 0.582. The summed E-state index contributed by atoms with van der Waals surface area (Å²) in [5, 5.41) is 6.72. The van der Waals surface area contributed by atoms with Gasteiger partial charge in [0.1, 0.15) is 11.2 Å². The number of hydrogen-bond acceptors (Lipinski definition) is 4. The first-order valence-corrected chi connectivity index (χ1v) is 21.3. The average molecular weight is 804 g/mol. The molecule has 12 rings (SSSR count). The molecule has 0 bridgehead atoms. The van der Waals surface area contributed by atoms with Crippen LogP contribution in [0.3, 0.4) is 0 Å². The van der Waals surface area contributed by atoms with Gasteiger partial charge < -0.3 is 4.42 Å². The Morgan fingerprint density at radius 2 is 0.810 bits per heavy atom. The molecule has 0 spiro atoms. The molecule has 12 aromatic rings. The van der Waals surface area contributed by atoms with E-state index in [2.05, 4.69) is 206 Å². The van der Waals surface area contributed by atoms with Crippen molar-refractivity contribution >= 4 is 43.5 Å². The van der Waals surface area contributed by atoms with E-state index in [0.29, 0.717) is 17.5 Å². The fraction of sp³-hybridized carbons (Fsp3) is 0. The molecule has 0 unspecified atom stereocenters. The molecule has 0 atom stereocenters. The Morgan fingerprint density at radius 3 is 1.59 bits per heavy atom. The molecular weight excluding hydrogens is 767 g/mol. The second-order valence-corrected chi connectivity index (χ2v) is 15.9. The molecular formula is C59H37N3O. The molecule has 2 heterocycles. The molecule has 0 radical (unpaired) electrons. The van der Waals surface area contributed by atoms with Gasteiger partial charge in [-0.1, -0.05) is 206 Å². The van der Waals surface area contributed by atoms with Gasteiger partial charge in [0.05, 0.1) is 0 Å². The largest absolute Gasteiger partial charge is 0.455 e.